The molecule has 1 atom stereocenters. The van der Waals surface area contributed by atoms with Gasteiger partial charge in [0.15, 0.2) is 0 Å². The molecule has 1 aliphatic rings. The second-order valence-corrected chi connectivity index (χ2v) is 4.41. The van der Waals surface area contributed by atoms with Crippen LogP contribution in [0.5, 0.6) is 0 Å². The van der Waals surface area contributed by atoms with Gasteiger partial charge in [0.2, 0.25) is 5.91 Å². The number of hydrogen-bond acceptors (Lipinski definition) is 5. The number of amides is 1. The maximum atomic E-state index is 12.1. The topological polar surface area (TPSA) is 84.7 Å². The van der Waals surface area contributed by atoms with Crippen LogP contribution in [0.2, 0.25) is 0 Å². The van der Waals surface area contributed by atoms with Gasteiger partial charge in [-0.15, -0.1) is 5.10 Å². The van der Waals surface area contributed by atoms with Gasteiger partial charge in [-0.3, -0.25) is 4.79 Å². The number of tetrazole rings is 1. The number of rotatable bonds is 3. The fraction of sp³-hybridized carbons (Fsp3) is 0.333. The minimum absolute atomic E-state index is 0.0157. The van der Waals surface area contributed by atoms with E-state index in [1.54, 1.807) is 0 Å². The second kappa shape index (κ2) is 5.15. The zero-order valence-corrected chi connectivity index (χ0v) is 10.3. The molecule has 7 nitrogen and oxygen atoms in total. The third kappa shape index (κ3) is 2.45. The molecule has 98 valence electrons. The van der Waals surface area contributed by atoms with Gasteiger partial charge in [0.05, 0.1) is 17.4 Å². The molecule has 0 spiro atoms. The zero-order valence-electron chi connectivity index (χ0n) is 10.3. The molecule has 2 heterocycles. The summed E-state index contributed by atoms with van der Waals surface area (Å²) in [5.41, 5.74) is 1.45. The molecule has 19 heavy (non-hydrogen) atoms. The molecule has 1 amide bonds. The zero-order chi connectivity index (χ0) is 13.1. The van der Waals surface area contributed by atoms with Gasteiger partial charge < -0.3 is 10.6 Å². The molecule has 1 aromatic heterocycles. The lowest BCUT2D eigenvalue weighted by Crippen LogP contribution is -2.35. The number of benzene rings is 1. The van der Waals surface area contributed by atoms with Gasteiger partial charge in [0.1, 0.15) is 6.33 Å². The van der Waals surface area contributed by atoms with Crippen LogP contribution in [-0.4, -0.2) is 38.7 Å². The Bertz CT molecular complexity index is 561. The minimum Gasteiger partial charge on any atom is -0.323 e. The first-order valence-corrected chi connectivity index (χ1v) is 6.21. The van der Waals surface area contributed by atoms with Gasteiger partial charge in [-0.25, -0.2) is 0 Å². The van der Waals surface area contributed by atoms with Crippen LogP contribution in [0.3, 0.4) is 0 Å². The average Bonchev–Trinajstić information content (AvgIpc) is 3.13. The summed E-state index contributed by atoms with van der Waals surface area (Å²) in [7, 11) is 0. The van der Waals surface area contributed by atoms with E-state index in [-0.39, 0.29) is 11.9 Å². The van der Waals surface area contributed by atoms with Crippen molar-refractivity contribution in [2.45, 2.75) is 18.9 Å². The number of carbonyl (C=O) groups is 1. The fourth-order valence-corrected chi connectivity index (χ4v) is 2.18. The van der Waals surface area contributed by atoms with Crippen LogP contribution in [0.25, 0.3) is 5.69 Å². The van der Waals surface area contributed by atoms with Crippen molar-refractivity contribution in [1.29, 1.82) is 0 Å². The molecule has 1 unspecified atom stereocenters. The fourth-order valence-electron chi connectivity index (χ4n) is 2.18. The Morgan fingerprint density at radius 2 is 2.32 bits per heavy atom. The van der Waals surface area contributed by atoms with Gasteiger partial charge in [-0.05, 0) is 41.9 Å². The van der Waals surface area contributed by atoms with E-state index in [1.165, 1.54) is 11.0 Å². The first-order valence-electron chi connectivity index (χ1n) is 6.21. The van der Waals surface area contributed by atoms with Crippen LogP contribution in [0.15, 0.2) is 30.6 Å². The Labute approximate surface area is 110 Å². The first kappa shape index (κ1) is 11.8. The van der Waals surface area contributed by atoms with Gasteiger partial charge in [-0.2, -0.15) is 4.68 Å². The van der Waals surface area contributed by atoms with Gasteiger partial charge in [0.25, 0.3) is 0 Å². The van der Waals surface area contributed by atoms with Gasteiger partial charge in [-0.1, -0.05) is 12.1 Å². The van der Waals surface area contributed by atoms with Crippen LogP contribution in [0.4, 0.5) is 5.69 Å². The number of para-hydroxylation sites is 2. The van der Waals surface area contributed by atoms with Crippen LogP contribution < -0.4 is 10.6 Å². The number of nitrogens with one attached hydrogen (secondary N) is 2. The van der Waals surface area contributed by atoms with Crippen LogP contribution in [-0.2, 0) is 4.79 Å². The van der Waals surface area contributed by atoms with Crippen LogP contribution >= 0.6 is 0 Å². The smallest absolute Gasteiger partial charge is 0.241 e. The predicted octanol–water partition coefficient (Wildman–Crippen LogP) is 0.353. The summed E-state index contributed by atoms with van der Waals surface area (Å²) in [6.45, 7) is 0.896. The molecule has 0 aliphatic carbocycles. The standard InChI is InChI=1S/C12H14N6O/c19-12(10-5-3-7-13-10)15-9-4-1-2-6-11(9)18-8-14-16-17-18/h1-2,4,6,8,10,13H,3,5,7H2,(H,15,19). The highest BCUT2D eigenvalue weighted by atomic mass is 16.2. The summed E-state index contributed by atoms with van der Waals surface area (Å²) in [4.78, 5) is 12.1. The van der Waals surface area contributed by atoms with Crippen molar-refractivity contribution in [2.24, 2.45) is 0 Å². The molecule has 0 saturated carbocycles. The molecule has 1 aromatic carbocycles. The molecule has 2 aromatic rings. The summed E-state index contributed by atoms with van der Waals surface area (Å²) in [5, 5.41) is 17.1. The Hall–Kier alpha value is -2.28. The number of carbonyl (C=O) groups excluding carboxylic acids is 1. The third-order valence-corrected chi connectivity index (χ3v) is 3.13. The second-order valence-electron chi connectivity index (χ2n) is 4.41. The summed E-state index contributed by atoms with van der Waals surface area (Å²) >= 11 is 0. The highest BCUT2D eigenvalue weighted by molar-refractivity contribution is 5.96. The average molecular weight is 258 g/mol. The predicted molar refractivity (Wildman–Crippen MR) is 68.8 cm³/mol. The lowest BCUT2D eigenvalue weighted by atomic mass is 10.2. The number of hydrogen-bond donors (Lipinski definition) is 2. The Kier molecular flexibility index (Phi) is 3.20. The largest absolute Gasteiger partial charge is 0.323 e. The van der Waals surface area contributed by atoms with Crippen molar-refractivity contribution in [3.05, 3.63) is 30.6 Å². The van der Waals surface area contributed by atoms with Gasteiger partial charge in [0, 0.05) is 0 Å². The molecule has 1 fully saturated rings. The third-order valence-electron chi connectivity index (χ3n) is 3.13. The molecule has 1 saturated heterocycles. The lowest BCUT2D eigenvalue weighted by Gasteiger charge is -2.13. The van der Waals surface area contributed by atoms with E-state index in [2.05, 4.69) is 26.2 Å². The molecule has 0 bridgehead atoms. The Morgan fingerprint density at radius 3 is 3.05 bits per heavy atom. The Balaban J connectivity index is 1.83. The number of anilines is 1. The molecule has 7 heteroatoms. The molecule has 0 radical (unpaired) electrons. The SMILES string of the molecule is O=C(Nc1ccccc1-n1cnnn1)C1CCCN1. The van der Waals surface area contributed by atoms with Crippen molar-refractivity contribution >= 4 is 11.6 Å². The summed E-state index contributed by atoms with van der Waals surface area (Å²) in [6, 6.07) is 7.33. The highest BCUT2D eigenvalue weighted by Gasteiger charge is 2.22. The van der Waals surface area contributed by atoms with E-state index in [4.69, 9.17) is 0 Å². The van der Waals surface area contributed by atoms with Crippen molar-refractivity contribution < 1.29 is 4.79 Å². The van der Waals surface area contributed by atoms with E-state index >= 15 is 0 Å². The maximum absolute atomic E-state index is 12.1. The number of nitrogens with zero attached hydrogens (tertiary/aromatic N) is 4. The molecule has 3 rings (SSSR count). The summed E-state index contributed by atoms with van der Waals surface area (Å²) in [6.07, 6.45) is 3.41. The van der Waals surface area contributed by atoms with Crippen LogP contribution in [0.1, 0.15) is 12.8 Å². The van der Waals surface area contributed by atoms with E-state index in [1.807, 2.05) is 24.3 Å². The first-order chi connectivity index (χ1) is 9.34. The normalized spacial score (nSPS) is 18.4. The summed E-state index contributed by atoms with van der Waals surface area (Å²) in [5.74, 6) is -0.0157. The maximum Gasteiger partial charge on any atom is 0.241 e. The lowest BCUT2D eigenvalue weighted by molar-refractivity contribution is -0.117. The van der Waals surface area contributed by atoms with Gasteiger partial charge >= 0.3 is 0 Å². The van der Waals surface area contributed by atoms with E-state index in [9.17, 15) is 4.79 Å². The molecular weight excluding hydrogens is 244 g/mol. The molecule has 2 N–H and O–H groups in total. The molecule has 1 aliphatic heterocycles. The van der Waals surface area contributed by atoms with Crippen molar-refractivity contribution in [2.75, 3.05) is 11.9 Å². The highest BCUT2D eigenvalue weighted by Crippen LogP contribution is 2.19. The van der Waals surface area contributed by atoms with E-state index in [0.29, 0.717) is 5.69 Å². The van der Waals surface area contributed by atoms with Crippen molar-refractivity contribution in [3.63, 3.8) is 0 Å². The van der Waals surface area contributed by atoms with Crippen LogP contribution in [0, 0.1) is 0 Å². The Morgan fingerprint density at radius 1 is 1.42 bits per heavy atom. The van der Waals surface area contributed by atoms with Crippen molar-refractivity contribution in [3.8, 4) is 5.69 Å². The van der Waals surface area contributed by atoms with Crippen molar-refractivity contribution in [1.82, 2.24) is 25.5 Å². The van der Waals surface area contributed by atoms with E-state index < -0.39 is 0 Å². The number of aromatic nitrogens is 4. The van der Waals surface area contributed by atoms with E-state index in [0.717, 1.165) is 25.1 Å². The quantitative estimate of drug-likeness (QED) is 0.830. The molecular formula is C12H14N6O. The summed E-state index contributed by atoms with van der Waals surface area (Å²) < 4.78 is 1.53. The monoisotopic (exact) mass is 258 g/mol. The minimum atomic E-state index is -0.109.